The average Bonchev–Trinajstić information content (AvgIpc) is 2.44. The van der Waals surface area contributed by atoms with Gasteiger partial charge in [-0.15, -0.1) is 0 Å². The van der Waals surface area contributed by atoms with E-state index in [0.717, 1.165) is 17.7 Å². The number of nitrogens with zero attached hydrogens (tertiary/aromatic N) is 1. The molecular formula is C14H12F2N2O2. The maximum Gasteiger partial charge on any atom is 0.173 e. The van der Waals surface area contributed by atoms with Crippen LogP contribution in [0.1, 0.15) is 11.1 Å². The molecule has 2 rings (SSSR count). The number of ether oxygens (including phenoxy) is 1. The first-order valence-corrected chi connectivity index (χ1v) is 5.72. The molecule has 2 aromatic carbocycles. The molecule has 0 aliphatic rings. The number of oxime groups is 1. The summed E-state index contributed by atoms with van der Waals surface area (Å²) < 4.78 is 31.4. The lowest BCUT2D eigenvalue weighted by molar-refractivity contribution is 0.318. The van der Waals surface area contributed by atoms with Crippen LogP contribution in [0.4, 0.5) is 8.78 Å². The molecule has 0 atom stereocenters. The lowest BCUT2D eigenvalue weighted by Gasteiger charge is -2.11. The molecule has 0 fully saturated rings. The Morgan fingerprint density at radius 1 is 1.15 bits per heavy atom. The summed E-state index contributed by atoms with van der Waals surface area (Å²) in [6, 6.07) is 8.18. The second kappa shape index (κ2) is 5.56. The topological polar surface area (TPSA) is 67.8 Å². The summed E-state index contributed by atoms with van der Waals surface area (Å²) in [5.41, 5.74) is 6.80. The van der Waals surface area contributed by atoms with Crippen molar-refractivity contribution in [2.75, 3.05) is 0 Å². The summed E-state index contributed by atoms with van der Waals surface area (Å²) in [4.78, 5) is 0. The van der Waals surface area contributed by atoms with E-state index in [2.05, 4.69) is 5.16 Å². The molecule has 0 aliphatic heterocycles. The fourth-order valence-electron chi connectivity index (χ4n) is 1.65. The number of hydrogen-bond donors (Lipinski definition) is 2. The van der Waals surface area contributed by atoms with Gasteiger partial charge in [-0.05, 0) is 31.2 Å². The van der Waals surface area contributed by atoms with Gasteiger partial charge in [-0.1, -0.05) is 16.8 Å². The van der Waals surface area contributed by atoms with Crippen molar-refractivity contribution in [2.45, 2.75) is 6.92 Å². The first-order valence-electron chi connectivity index (χ1n) is 5.72. The third-order valence-corrected chi connectivity index (χ3v) is 2.64. The summed E-state index contributed by atoms with van der Waals surface area (Å²) in [5, 5.41) is 11.7. The van der Waals surface area contributed by atoms with Gasteiger partial charge in [0.25, 0.3) is 0 Å². The molecule has 0 aliphatic carbocycles. The maximum absolute atomic E-state index is 13.1. The van der Waals surface area contributed by atoms with Gasteiger partial charge in [0.2, 0.25) is 0 Å². The molecule has 0 unspecified atom stereocenters. The summed E-state index contributed by atoms with van der Waals surface area (Å²) in [7, 11) is 0. The third-order valence-electron chi connectivity index (χ3n) is 2.64. The second-order valence-corrected chi connectivity index (χ2v) is 4.16. The molecule has 0 heterocycles. The lowest BCUT2D eigenvalue weighted by Crippen LogP contribution is -2.14. The molecule has 0 bridgehead atoms. The summed E-state index contributed by atoms with van der Waals surface area (Å²) in [6.07, 6.45) is 0. The molecule has 0 spiro atoms. The van der Waals surface area contributed by atoms with Crippen molar-refractivity contribution in [3.8, 4) is 11.5 Å². The number of nitrogens with two attached hydrogens (primary N) is 1. The fraction of sp³-hybridized carbons (Fsp3) is 0.0714. The predicted octanol–water partition coefficient (Wildman–Crippen LogP) is 3.16. The summed E-state index contributed by atoms with van der Waals surface area (Å²) in [6.45, 7) is 1.83. The number of rotatable bonds is 3. The van der Waals surface area contributed by atoms with E-state index in [4.69, 9.17) is 15.7 Å². The van der Waals surface area contributed by atoms with E-state index in [9.17, 15) is 8.78 Å². The zero-order valence-electron chi connectivity index (χ0n) is 10.6. The number of aryl methyl sites for hydroxylation is 1. The molecule has 0 aromatic heterocycles. The molecule has 0 radical (unpaired) electrons. The fourth-order valence-corrected chi connectivity index (χ4v) is 1.65. The largest absolute Gasteiger partial charge is 0.456 e. The van der Waals surface area contributed by atoms with Crippen LogP contribution in [0.15, 0.2) is 41.6 Å². The van der Waals surface area contributed by atoms with Gasteiger partial charge >= 0.3 is 0 Å². The Kier molecular flexibility index (Phi) is 3.84. The molecule has 0 amide bonds. The molecule has 0 saturated carbocycles. The summed E-state index contributed by atoms with van der Waals surface area (Å²) in [5.74, 6) is -1.72. The SMILES string of the molecule is Cc1ccc(Oc2ccc(F)c(F)c2)c(/C(N)=N/O)c1. The zero-order chi connectivity index (χ0) is 14.7. The highest BCUT2D eigenvalue weighted by Crippen LogP contribution is 2.27. The van der Waals surface area contributed by atoms with Gasteiger partial charge in [0.05, 0.1) is 5.56 Å². The van der Waals surface area contributed by atoms with Crippen LogP contribution in [0.2, 0.25) is 0 Å². The smallest absolute Gasteiger partial charge is 0.173 e. The van der Waals surface area contributed by atoms with Crippen LogP contribution >= 0.6 is 0 Å². The Hall–Kier alpha value is -2.63. The lowest BCUT2D eigenvalue weighted by atomic mass is 10.1. The second-order valence-electron chi connectivity index (χ2n) is 4.16. The van der Waals surface area contributed by atoms with Crippen molar-refractivity contribution in [3.63, 3.8) is 0 Å². The minimum atomic E-state index is -1.01. The van der Waals surface area contributed by atoms with Crippen molar-refractivity contribution < 1.29 is 18.7 Å². The molecular weight excluding hydrogens is 266 g/mol. The predicted molar refractivity (Wildman–Crippen MR) is 70.1 cm³/mol. The van der Waals surface area contributed by atoms with E-state index in [1.807, 2.05) is 6.92 Å². The van der Waals surface area contributed by atoms with Gasteiger partial charge in [0, 0.05) is 6.07 Å². The van der Waals surface area contributed by atoms with Crippen LogP contribution in [0.3, 0.4) is 0 Å². The normalized spacial score (nSPS) is 11.4. The van der Waals surface area contributed by atoms with Crippen LogP contribution in [0.5, 0.6) is 11.5 Å². The highest BCUT2D eigenvalue weighted by molar-refractivity contribution is 5.99. The standard InChI is InChI=1S/C14H12F2N2O2/c1-8-2-5-13(10(6-8)14(17)18-19)20-9-3-4-11(15)12(16)7-9/h2-7,19H,1H3,(H2,17,18). The monoisotopic (exact) mass is 278 g/mol. The molecule has 3 N–H and O–H groups in total. The first kappa shape index (κ1) is 13.8. The molecule has 20 heavy (non-hydrogen) atoms. The number of halogens is 2. The average molecular weight is 278 g/mol. The Morgan fingerprint density at radius 3 is 2.55 bits per heavy atom. The van der Waals surface area contributed by atoms with Crippen molar-refractivity contribution in [2.24, 2.45) is 10.9 Å². The van der Waals surface area contributed by atoms with Gasteiger partial charge in [0.1, 0.15) is 11.5 Å². The number of hydrogen-bond acceptors (Lipinski definition) is 3. The molecule has 6 heteroatoms. The molecule has 104 valence electrons. The van der Waals surface area contributed by atoms with Crippen LogP contribution in [-0.2, 0) is 0 Å². The van der Waals surface area contributed by atoms with Crippen molar-refractivity contribution in [3.05, 3.63) is 59.2 Å². The highest BCUT2D eigenvalue weighted by Gasteiger charge is 2.11. The summed E-state index contributed by atoms with van der Waals surface area (Å²) >= 11 is 0. The maximum atomic E-state index is 13.1. The van der Waals surface area contributed by atoms with Crippen LogP contribution in [0.25, 0.3) is 0 Å². The van der Waals surface area contributed by atoms with E-state index in [-0.39, 0.29) is 17.3 Å². The minimum Gasteiger partial charge on any atom is -0.456 e. The third kappa shape index (κ3) is 2.85. The van der Waals surface area contributed by atoms with Crippen molar-refractivity contribution >= 4 is 5.84 Å². The molecule has 4 nitrogen and oxygen atoms in total. The first-order chi connectivity index (χ1) is 9.51. The van der Waals surface area contributed by atoms with Gasteiger partial charge in [-0.2, -0.15) is 0 Å². The Labute approximate surface area is 114 Å². The molecule has 2 aromatic rings. The van der Waals surface area contributed by atoms with Crippen molar-refractivity contribution in [1.29, 1.82) is 0 Å². The van der Waals surface area contributed by atoms with E-state index in [1.54, 1.807) is 18.2 Å². The van der Waals surface area contributed by atoms with E-state index in [0.29, 0.717) is 5.56 Å². The van der Waals surface area contributed by atoms with E-state index in [1.165, 1.54) is 6.07 Å². The minimum absolute atomic E-state index is 0.111. The zero-order valence-corrected chi connectivity index (χ0v) is 10.6. The van der Waals surface area contributed by atoms with E-state index < -0.39 is 11.6 Å². The van der Waals surface area contributed by atoms with Gasteiger partial charge < -0.3 is 15.7 Å². The van der Waals surface area contributed by atoms with Crippen molar-refractivity contribution in [1.82, 2.24) is 0 Å². The number of amidine groups is 1. The number of benzene rings is 2. The Balaban J connectivity index is 2.40. The highest BCUT2D eigenvalue weighted by atomic mass is 19.2. The van der Waals surface area contributed by atoms with Gasteiger partial charge in [0.15, 0.2) is 17.5 Å². The Morgan fingerprint density at radius 2 is 1.90 bits per heavy atom. The quantitative estimate of drug-likeness (QED) is 0.392. The van der Waals surface area contributed by atoms with Crippen LogP contribution < -0.4 is 10.5 Å². The van der Waals surface area contributed by atoms with E-state index >= 15 is 0 Å². The van der Waals surface area contributed by atoms with Gasteiger partial charge in [-0.3, -0.25) is 0 Å². The van der Waals surface area contributed by atoms with Crippen LogP contribution in [0, 0.1) is 18.6 Å². The molecule has 0 saturated heterocycles. The van der Waals surface area contributed by atoms with Gasteiger partial charge in [-0.25, -0.2) is 8.78 Å². The van der Waals surface area contributed by atoms with Crippen LogP contribution in [-0.4, -0.2) is 11.0 Å². The Bertz CT molecular complexity index is 672.